The molecule has 5 heteroatoms. The van der Waals surface area contributed by atoms with Crippen LogP contribution in [0.15, 0.2) is 35.5 Å². The average Bonchev–Trinajstić information content (AvgIpc) is 2.78. The Balaban J connectivity index is 2.17. The maximum absolute atomic E-state index is 12.7. The molecule has 98 valence electrons. The molecule has 0 radical (unpaired) electrons. The van der Waals surface area contributed by atoms with Gasteiger partial charge in [-0.25, -0.2) is 5.43 Å². The van der Waals surface area contributed by atoms with Crippen molar-refractivity contribution in [2.75, 3.05) is 6.54 Å². The standard InChI is InChI=1S/C13H15F3N2/c1-2-9-3-5-10(6-4-9)7-11-8-17-18-12(11)13(14,15)16/h3-6,17-18H,2,7-8H2,1H3. The topological polar surface area (TPSA) is 24.1 Å². The molecule has 1 aromatic carbocycles. The molecule has 0 aromatic heterocycles. The Kier molecular flexibility index (Phi) is 3.61. The summed E-state index contributed by atoms with van der Waals surface area (Å²) in [5.41, 5.74) is 6.51. The summed E-state index contributed by atoms with van der Waals surface area (Å²) in [6, 6.07) is 7.69. The molecule has 0 atom stereocenters. The predicted octanol–water partition coefficient (Wildman–Crippen LogP) is 2.72. The van der Waals surface area contributed by atoms with E-state index in [1.54, 1.807) is 0 Å². The van der Waals surface area contributed by atoms with Gasteiger partial charge >= 0.3 is 6.18 Å². The Morgan fingerprint density at radius 3 is 2.28 bits per heavy atom. The van der Waals surface area contributed by atoms with Crippen LogP contribution >= 0.6 is 0 Å². The van der Waals surface area contributed by atoms with Crippen LogP contribution in [0.25, 0.3) is 0 Å². The van der Waals surface area contributed by atoms with Gasteiger partial charge < -0.3 is 5.43 Å². The van der Waals surface area contributed by atoms with Crippen molar-refractivity contribution in [3.05, 3.63) is 46.7 Å². The number of benzene rings is 1. The molecule has 18 heavy (non-hydrogen) atoms. The van der Waals surface area contributed by atoms with E-state index in [4.69, 9.17) is 0 Å². The summed E-state index contributed by atoms with van der Waals surface area (Å²) in [7, 11) is 0. The van der Waals surface area contributed by atoms with Crippen molar-refractivity contribution in [2.24, 2.45) is 0 Å². The molecular formula is C13H15F3N2. The van der Waals surface area contributed by atoms with Crippen molar-refractivity contribution in [3.63, 3.8) is 0 Å². The first-order chi connectivity index (χ1) is 8.50. The molecule has 0 saturated heterocycles. The fourth-order valence-corrected chi connectivity index (χ4v) is 1.98. The minimum atomic E-state index is -4.32. The molecule has 1 heterocycles. The first-order valence-electron chi connectivity index (χ1n) is 5.86. The molecule has 0 fully saturated rings. The number of rotatable bonds is 3. The maximum atomic E-state index is 12.7. The van der Waals surface area contributed by atoms with Crippen LogP contribution in [-0.4, -0.2) is 12.7 Å². The van der Waals surface area contributed by atoms with Gasteiger partial charge in [0.1, 0.15) is 5.70 Å². The van der Waals surface area contributed by atoms with Crippen LogP contribution in [0.2, 0.25) is 0 Å². The third kappa shape index (κ3) is 2.85. The van der Waals surface area contributed by atoms with Crippen LogP contribution in [-0.2, 0) is 12.8 Å². The quantitative estimate of drug-likeness (QED) is 0.869. The lowest BCUT2D eigenvalue weighted by Crippen LogP contribution is -2.30. The number of hydrogen-bond acceptors (Lipinski definition) is 2. The van der Waals surface area contributed by atoms with Crippen LogP contribution in [0, 0.1) is 0 Å². The van der Waals surface area contributed by atoms with E-state index in [9.17, 15) is 13.2 Å². The van der Waals surface area contributed by atoms with Crippen molar-refractivity contribution in [1.29, 1.82) is 0 Å². The van der Waals surface area contributed by atoms with Gasteiger partial charge in [0.2, 0.25) is 0 Å². The molecule has 0 unspecified atom stereocenters. The highest BCUT2D eigenvalue weighted by Gasteiger charge is 2.38. The fraction of sp³-hybridized carbons (Fsp3) is 0.385. The molecule has 2 N–H and O–H groups in total. The fourth-order valence-electron chi connectivity index (χ4n) is 1.98. The number of allylic oxidation sites excluding steroid dienone is 1. The van der Waals surface area contributed by atoms with E-state index in [-0.39, 0.29) is 6.54 Å². The molecular weight excluding hydrogens is 241 g/mol. The van der Waals surface area contributed by atoms with E-state index in [1.807, 2.05) is 31.2 Å². The van der Waals surface area contributed by atoms with Gasteiger partial charge in [-0.2, -0.15) is 13.2 Å². The monoisotopic (exact) mass is 256 g/mol. The Morgan fingerprint density at radius 1 is 1.11 bits per heavy atom. The van der Waals surface area contributed by atoms with Crippen molar-refractivity contribution >= 4 is 0 Å². The molecule has 1 aromatic rings. The molecule has 1 aliphatic rings. The molecule has 2 nitrogen and oxygen atoms in total. The van der Waals surface area contributed by atoms with Gasteiger partial charge in [0.05, 0.1) is 0 Å². The number of halogens is 3. The predicted molar refractivity (Wildman–Crippen MR) is 63.7 cm³/mol. The number of hydrazine groups is 1. The average molecular weight is 256 g/mol. The van der Waals surface area contributed by atoms with Gasteiger partial charge in [-0.05, 0) is 29.5 Å². The van der Waals surface area contributed by atoms with E-state index in [0.717, 1.165) is 12.0 Å². The largest absolute Gasteiger partial charge is 0.432 e. The molecule has 0 saturated carbocycles. The van der Waals surface area contributed by atoms with Crippen LogP contribution in [0.1, 0.15) is 18.1 Å². The van der Waals surface area contributed by atoms with Crippen LogP contribution in [0.3, 0.4) is 0 Å². The van der Waals surface area contributed by atoms with Crippen molar-refractivity contribution in [1.82, 2.24) is 10.9 Å². The number of hydrogen-bond donors (Lipinski definition) is 2. The van der Waals surface area contributed by atoms with Crippen LogP contribution < -0.4 is 10.9 Å². The van der Waals surface area contributed by atoms with E-state index < -0.39 is 11.9 Å². The summed E-state index contributed by atoms with van der Waals surface area (Å²) >= 11 is 0. The Hall–Kier alpha value is -1.49. The van der Waals surface area contributed by atoms with E-state index in [2.05, 4.69) is 10.9 Å². The molecule has 2 rings (SSSR count). The second-order valence-corrected chi connectivity index (χ2v) is 4.30. The van der Waals surface area contributed by atoms with Gasteiger partial charge in [-0.15, -0.1) is 0 Å². The van der Waals surface area contributed by atoms with Crippen LogP contribution in [0.5, 0.6) is 0 Å². The molecule has 0 bridgehead atoms. The molecule has 0 amide bonds. The first kappa shape index (κ1) is 13.0. The molecule has 0 spiro atoms. The lowest BCUT2D eigenvalue weighted by Gasteiger charge is -2.10. The highest BCUT2D eigenvalue weighted by molar-refractivity contribution is 5.31. The molecule has 0 aliphatic carbocycles. The second kappa shape index (κ2) is 5.02. The number of alkyl halides is 3. The van der Waals surface area contributed by atoms with E-state index in [0.29, 0.717) is 12.0 Å². The van der Waals surface area contributed by atoms with E-state index >= 15 is 0 Å². The Morgan fingerprint density at radius 2 is 1.72 bits per heavy atom. The lowest BCUT2D eigenvalue weighted by molar-refractivity contribution is -0.0971. The zero-order valence-electron chi connectivity index (χ0n) is 10.1. The highest BCUT2D eigenvalue weighted by Crippen LogP contribution is 2.29. The third-order valence-electron chi connectivity index (χ3n) is 3.00. The van der Waals surface area contributed by atoms with Crippen LogP contribution in [0.4, 0.5) is 13.2 Å². The minimum Gasteiger partial charge on any atom is -0.317 e. The smallest absolute Gasteiger partial charge is 0.317 e. The summed E-state index contributed by atoms with van der Waals surface area (Å²) in [5, 5.41) is 0. The SMILES string of the molecule is CCc1ccc(CC2=C(C(F)(F)F)NNC2)cc1. The molecule has 1 aliphatic heterocycles. The number of nitrogens with one attached hydrogen (secondary N) is 2. The van der Waals surface area contributed by atoms with Gasteiger partial charge in [-0.1, -0.05) is 31.2 Å². The zero-order chi connectivity index (χ0) is 13.2. The minimum absolute atomic E-state index is 0.227. The summed E-state index contributed by atoms with van der Waals surface area (Å²) in [4.78, 5) is 0. The summed E-state index contributed by atoms with van der Waals surface area (Å²) in [6.07, 6.45) is -3.07. The normalized spacial score (nSPS) is 16.0. The third-order valence-corrected chi connectivity index (χ3v) is 3.00. The van der Waals surface area contributed by atoms with Gasteiger partial charge in [-0.3, -0.25) is 0 Å². The van der Waals surface area contributed by atoms with Crippen molar-refractivity contribution in [2.45, 2.75) is 25.9 Å². The maximum Gasteiger partial charge on any atom is 0.432 e. The van der Waals surface area contributed by atoms with Gasteiger partial charge in [0.15, 0.2) is 0 Å². The summed E-state index contributed by atoms with van der Waals surface area (Å²) in [5.74, 6) is 0. The van der Waals surface area contributed by atoms with E-state index in [1.165, 1.54) is 5.56 Å². The van der Waals surface area contributed by atoms with Crippen molar-refractivity contribution < 1.29 is 13.2 Å². The van der Waals surface area contributed by atoms with Gasteiger partial charge in [0, 0.05) is 6.54 Å². The second-order valence-electron chi connectivity index (χ2n) is 4.30. The Bertz CT molecular complexity index is 446. The summed E-state index contributed by atoms with van der Waals surface area (Å²) in [6.45, 7) is 2.27. The van der Waals surface area contributed by atoms with Gasteiger partial charge in [0.25, 0.3) is 0 Å². The first-order valence-corrected chi connectivity index (χ1v) is 5.86. The zero-order valence-corrected chi connectivity index (χ0v) is 10.1. The summed E-state index contributed by atoms with van der Waals surface area (Å²) < 4.78 is 38.0. The lowest BCUT2D eigenvalue weighted by atomic mass is 10.0. The highest BCUT2D eigenvalue weighted by atomic mass is 19.4. The van der Waals surface area contributed by atoms with Crippen molar-refractivity contribution in [3.8, 4) is 0 Å². The Labute approximate surface area is 104 Å². The number of aryl methyl sites for hydroxylation is 1.